The molecule has 1 atom stereocenters. The molecule has 1 saturated carbocycles. The number of anilines is 1. The Hall–Kier alpha value is -1.89. The molecule has 2 N–H and O–H groups in total. The number of hydrogen-bond acceptors (Lipinski definition) is 5. The zero-order valence-corrected chi connectivity index (χ0v) is 12.1. The molecular weight excluding hydrogens is 274 g/mol. The van der Waals surface area contributed by atoms with Crippen molar-refractivity contribution >= 4 is 22.9 Å². The van der Waals surface area contributed by atoms with Crippen LogP contribution in [0.2, 0.25) is 0 Å². The van der Waals surface area contributed by atoms with Crippen LogP contribution < -0.4 is 10.6 Å². The van der Waals surface area contributed by atoms with Crippen molar-refractivity contribution in [3.05, 3.63) is 29.0 Å². The normalized spacial score (nSPS) is 15.8. The lowest BCUT2D eigenvalue weighted by atomic mass is 10.3. The van der Waals surface area contributed by atoms with Gasteiger partial charge >= 0.3 is 0 Å². The first-order chi connectivity index (χ1) is 9.70. The maximum atomic E-state index is 11.7. The van der Waals surface area contributed by atoms with Gasteiger partial charge in [-0.05, 0) is 19.8 Å². The molecule has 2 aromatic rings. The van der Waals surface area contributed by atoms with Gasteiger partial charge in [-0.2, -0.15) is 5.10 Å². The van der Waals surface area contributed by atoms with Gasteiger partial charge in [-0.15, -0.1) is 11.3 Å². The fourth-order valence-electron chi connectivity index (χ4n) is 1.93. The number of aromatic nitrogens is 3. The highest BCUT2D eigenvalue weighted by Crippen LogP contribution is 2.20. The predicted molar refractivity (Wildman–Crippen MR) is 77.5 cm³/mol. The van der Waals surface area contributed by atoms with Crippen LogP contribution >= 0.6 is 11.3 Å². The summed E-state index contributed by atoms with van der Waals surface area (Å²) in [6, 6.07) is 0.522. The smallest absolute Gasteiger partial charge is 0.241 e. The number of carbonyl (C=O) groups excluding carboxylic acids is 1. The molecule has 20 heavy (non-hydrogen) atoms. The van der Waals surface area contributed by atoms with Gasteiger partial charge in [0, 0.05) is 23.8 Å². The lowest BCUT2D eigenvalue weighted by molar-refractivity contribution is -0.122. The summed E-state index contributed by atoms with van der Waals surface area (Å²) in [5, 5.41) is 13.5. The molecule has 106 valence electrons. The van der Waals surface area contributed by atoms with E-state index in [0.717, 1.165) is 23.5 Å². The lowest BCUT2D eigenvalue weighted by Crippen LogP contribution is -2.29. The van der Waals surface area contributed by atoms with Crippen LogP contribution in [0.15, 0.2) is 24.0 Å². The number of thiazole rings is 1. The number of rotatable bonds is 6. The monoisotopic (exact) mass is 291 g/mol. The van der Waals surface area contributed by atoms with E-state index in [2.05, 4.69) is 27.6 Å². The van der Waals surface area contributed by atoms with Crippen molar-refractivity contribution in [2.75, 3.05) is 5.32 Å². The second kappa shape index (κ2) is 5.62. The Morgan fingerprint density at radius 1 is 1.60 bits per heavy atom. The SMILES string of the molecule is CC(Nc1cnn(CC(=O)NC2CC2)c1)c1nccs1. The van der Waals surface area contributed by atoms with E-state index in [-0.39, 0.29) is 18.5 Å². The summed E-state index contributed by atoms with van der Waals surface area (Å²) in [5.74, 6) is 0.0233. The Morgan fingerprint density at radius 3 is 3.15 bits per heavy atom. The van der Waals surface area contributed by atoms with Crippen LogP contribution in [-0.4, -0.2) is 26.7 Å². The van der Waals surface area contributed by atoms with E-state index in [9.17, 15) is 4.79 Å². The van der Waals surface area contributed by atoms with E-state index < -0.39 is 0 Å². The van der Waals surface area contributed by atoms with Gasteiger partial charge in [0.15, 0.2) is 0 Å². The van der Waals surface area contributed by atoms with Crippen molar-refractivity contribution < 1.29 is 4.79 Å². The van der Waals surface area contributed by atoms with E-state index in [1.807, 2.05) is 11.6 Å². The molecule has 6 nitrogen and oxygen atoms in total. The molecular formula is C13H17N5OS. The van der Waals surface area contributed by atoms with Gasteiger partial charge in [0.1, 0.15) is 11.6 Å². The molecule has 0 aromatic carbocycles. The topological polar surface area (TPSA) is 71.8 Å². The van der Waals surface area contributed by atoms with Gasteiger partial charge in [0.2, 0.25) is 5.91 Å². The summed E-state index contributed by atoms with van der Waals surface area (Å²) < 4.78 is 1.65. The molecule has 1 aliphatic carbocycles. The van der Waals surface area contributed by atoms with Crippen LogP contribution in [-0.2, 0) is 11.3 Å². The second-order valence-electron chi connectivity index (χ2n) is 5.00. The first-order valence-corrected chi connectivity index (χ1v) is 7.56. The van der Waals surface area contributed by atoms with Crippen molar-refractivity contribution in [1.29, 1.82) is 0 Å². The summed E-state index contributed by atoms with van der Waals surface area (Å²) in [6.07, 6.45) is 7.57. The summed E-state index contributed by atoms with van der Waals surface area (Å²) in [7, 11) is 0. The molecule has 2 heterocycles. The van der Waals surface area contributed by atoms with Crippen LogP contribution in [0.25, 0.3) is 0 Å². The Bertz CT molecular complexity index is 575. The van der Waals surface area contributed by atoms with Gasteiger partial charge in [-0.25, -0.2) is 4.98 Å². The molecule has 0 spiro atoms. The maximum Gasteiger partial charge on any atom is 0.241 e. The first-order valence-electron chi connectivity index (χ1n) is 6.68. The zero-order valence-electron chi connectivity index (χ0n) is 11.2. The van der Waals surface area contributed by atoms with E-state index >= 15 is 0 Å². The van der Waals surface area contributed by atoms with E-state index in [1.165, 1.54) is 0 Å². The summed E-state index contributed by atoms with van der Waals surface area (Å²) in [5.41, 5.74) is 0.895. The van der Waals surface area contributed by atoms with Gasteiger partial charge in [0.05, 0.1) is 17.9 Å². The minimum Gasteiger partial charge on any atom is -0.374 e. The Morgan fingerprint density at radius 2 is 2.45 bits per heavy atom. The Labute approximate surface area is 121 Å². The fourth-order valence-corrected chi connectivity index (χ4v) is 2.58. The molecule has 0 saturated heterocycles. The third kappa shape index (κ3) is 3.36. The molecule has 0 aliphatic heterocycles. The third-order valence-electron chi connectivity index (χ3n) is 3.09. The molecule has 0 radical (unpaired) electrons. The molecule has 0 bridgehead atoms. The van der Waals surface area contributed by atoms with Crippen molar-refractivity contribution in [3.63, 3.8) is 0 Å². The highest BCUT2D eigenvalue weighted by Gasteiger charge is 2.23. The minimum atomic E-state index is 0.0233. The summed E-state index contributed by atoms with van der Waals surface area (Å²) >= 11 is 1.62. The van der Waals surface area contributed by atoms with E-state index in [4.69, 9.17) is 0 Å². The number of carbonyl (C=O) groups is 1. The Kier molecular flexibility index (Phi) is 3.68. The summed E-state index contributed by atoms with van der Waals surface area (Å²) in [4.78, 5) is 16.0. The van der Waals surface area contributed by atoms with Crippen molar-refractivity contribution in [1.82, 2.24) is 20.1 Å². The number of nitrogens with zero attached hydrogens (tertiary/aromatic N) is 3. The molecule has 1 amide bonds. The summed E-state index contributed by atoms with van der Waals surface area (Å²) in [6.45, 7) is 2.32. The molecule has 1 aliphatic rings. The van der Waals surface area contributed by atoms with E-state index in [0.29, 0.717) is 6.04 Å². The lowest BCUT2D eigenvalue weighted by Gasteiger charge is -2.09. The van der Waals surface area contributed by atoms with Crippen LogP contribution in [0, 0.1) is 0 Å². The van der Waals surface area contributed by atoms with Crippen LogP contribution in [0.5, 0.6) is 0 Å². The quantitative estimate of drug-likeness (QED) is 0.851. The van der Waals surface area contributed by atoms with Crippen LogP contribution in [0.3, 0.4) is 0 Å². The van der Waals surface area contributed by atoms with Crippen molar-refractivity contribution in [2.24, 2.45) is 0 Å². The van der Waals surface area contributed by atoms with Crippen LogP contribution in [0.4, 0.5) is 5.69 Å². The highest BCUT2D eigenvalue weighted by atomic mass is 32.1. The largest absolute Gasteiger partial charge is 0.374 e. The van der Waals surface area contributed by atoms with Crippen molar-refractivity contribution in [3.8, 4) is 0 Å². The molecule has 1 fully saturated rings. The standard InChI is InChI=1S/C13H17N5OS/c1-9(13-14-4-5-20-13)16-11-6-15-18(7-11)8-12(19)17-10-2-3-10/h4-7,9-10,16H,2-3,8H2,1H3,(H,17,19). The average molecular weight is 291 g/mol. The van der Waals surface area contributed by atoms with Crippen LogP contribution in [0.1, 0.15) is 30.8 Å². The number of amides is 1. The Balaban J connectivity index is 1.54. The maximum absolute atomic E-state index is 11.7. The number of hydrogen-bond donors (Lipinski definition) is 2. The third-order valence-corrected chi connectivity index (χ3v) is 4.04. The fraction of sp³-hybridized carbons (Fsp3) is 0.462. The molecule has 7 heteroatoms. The zero-order chi connectivity index (χ0) is 13.9. The second-order valence-corrected chi connectivity index (χ2v) is 5.93. The molecule has 2 aromatic heterocycles. The van der Waals surface area contributed by atoms with Crippen molar-refractivity contribution in [2.45, 2.75) is 38.4 Å². The number of nitrogens with one attached hydrogen (secondary N) is 2. The minimum absolute atomic E-state index is 0.0233. The highest BCUT2D eigenvalue weighted by molar-refractivity contribution is 7.09. The van der Waals surface area contributed by atoms with Gasteiger partial charge in [-0.3, -0.25) is 9.48 Å². The van der Waals surface area contributed by atoms with Gasteiger partial charge < -0.3 is 10.6 Å². The van der Waals surface area contributed by atoms with Gasteiger partial charge in [-0.1, -0.05) is 0 Å². The average Bonchev–Trinajstić information content (AvgIpc) is 2.93. The van der Waals surface area contributed by atoms with Gasteiger partial charge in [0.25, 0.3) is 0 Å². The van der Waals surface area contributed by atoms with E-state index in [1.54, 1.807) is 28.4 Å². The molecule has 1 unspecified atom stereocenters. The molecule has 3 rings (SSSR count). The predicted octanol–water partition coefficient (Wildman–Crippen LogP) is 1.79. The first kappa shape index (κ1) is 13.1.